The van der Waals surface area contributed by atoms with Crippen molar-refractivity contribution in [2.24, 2.45) is 5.73 Å². The van der Waals surface area contributed by atoms with Crippen LogP contribution in [-0.4, -0.2) is 46.9 Å². The van der Waals surface area contributed by atoms with E-state index < -0.39 is 30.4 Å². The van der Waals surface area contributed by atoms with Gasteiger partial charge in [-0.2, -0.15) is 0 Å². The van der Waals surface area contributed by atoms with Crippen LogP contribution in [0.25, 0.3) is 10.9 Å². The Labute approximate surface area is 138 Å². The van der Waals surface area contributed by atoms with Gasteiger partial charge in [0.05, 0.1) is 0 Å². The first kappa shape index (κ1) is 16.0. The van der Waals surface area contributed by atoms with E-state index in [4.69, 9.17) is 10.5 Å². The van der Waals surface area contributed by atoms with Crippen molar-refractivity contribution in [1.29, 1.82) is 0 Å². The normalized spacial score (nSPS) is 17.7. The molecule has 0 spiro atoms. The number of esters is 1. The van der Waals surface area contributed by atoms with Gasteiger partial charge in [0.25, 0.3) is 5.91 Å². The van der Waals surface area contributed by atoms with Crippen LogP contribution >= 0.6 is 0 Å². The van der Waals surface area contributed by atoms with Crippen LogP contribution in [0.4, 0.5) is 0 Å². The van der Waals surface area contributed by atoms with E-state index in [1.165, 1.54) is 4.90 Å². The molecular weight excluding hydrogens is 310 g/mol. The summed E-state index contributed by atoms with van der Waals surface area (Å²) in [6.45, 7) is 0.0500. The van der Waals surface area contributed by atoms with Crippen molar-refractivity contribution in [3.8, 4) is 0 Å². The summed E-state index contributed by atoms with van der Waals surface area (Å²) < 4.78 is 5.09. The third-order valence-corrected chi connectivity index (χ3v) is 4.23. The summed E-state index contributed by atoms with van der Waals surface area (Å²) in [6, 6.07) is 8.52. The molecule has 1 fully saturated rings. The lowest BCUT2D eigenvalue weighted by atomic mass is 10.0. The van der Waals surface area contributed by atoms with Gasteiger partial charge in [0.2, 0.25) is 5.91 Å². The van der Waals surface area contributed by atoms with Gasteiger partial charge in [-0.25, -0.2) is 4.79 Å². The van der Waals surface area contributed by atoms with E-state index in [-0.39, 0.29) is 5.69 Å². The van der Waals surface area contributed by atoms with Crippen molar-refractivity contribution in [3.05, 3.63) is 36.0 Å². The molecular formula is C17H19N3O4. The summed E-state index contributed by atoms with van der Waals surface area (Å²) >= 11 is 0. The third-order valence-electron chi connectivity index (χ3n) is 4.23. The molecule has 7 nitrogen and oxygen atoms in total. The van der Waals surface area contributed by atoms with Crippen LogP contribution < -0.4 is 5.73 Å². The van der Waals surface area contributed by atoms with Crippen molar-refractivity contribution < 1.29 is 19.1 Å². The topological polar surface area (TPSA) is 105 Å². The highest BCUT2D eigenvalue weighted by Crippen LogP contribution is 2.18. The van der Waals surface area contributed by atoms with Crippen molar-refractivity contribution in [2.45, 2.75) is 25.3 Å². The summed E-state index contributed by atoms with van der Waals surface area (Å²) in [5.41, 5.74) is 6.45. The van der Waals surface area contributed by atoms with Gasteiger partial charge in [0.1, 0.15) is 11.7 Å². The summed E-state index contributed by atoms with van der Waals surface area (Å²) in [7, 11) is 0. The fraction of sp³-hybridized carbons (Fsp3) is 0.353. The number of primary amides is 1. The molecule has 1 saturated heterocycles. The lowest BCUT2D eigenvalue weighted by molar-refractivity contribution is -0.143. The van der Waals surface area contributed by atoms with Gasteiger partial charge in [-0.1, -0.05) is 18.2 Å². The maximum Gasteiger partial charge on any atom is 0.355 e. The molecule has 2 amide bonds. The average molecular weight is 329 g/mol. The van der Waals surface area contributed by atoms with E-state index in [1.807, 2.05) is 24.3 Å². The van der Waals surface area contributed by atoms with Crippen LogP contribution in [0.3, 0.4) is 0 Å². The fourth-order valence-electron chi connectivity index (χ4n) is 3.00. The number of benzene rings is 1. The minimum atomic E-state index is -0.613. The minimum absolute atomic E-state index is 0.286. The van der Waals surface area contributed by atoms with Crippen LogP contribution in [0.1, 0.15) is 29.8 Å². The zero-order chi connectivity index (χ0) is 17.1. The number of piperidine rings is 1. The molecule has 2 heterocycles. The standard InChI is InChI=1S/C17H19N3O4/c18-16(22)14-7-3-4-8-20(14)15(21)10-24-17(23)13-9-11-5-1-2-6-12(11)19-13/h1-2,5-6,9,14,19H,3-4,7-8,10H2,(H2,18,22)/t14-/m1/s1. The second-order valence-electron chi connectivity index (χ2n) is 5.85. The number of likely N-dealkylation sites (tertiary alicyclic amines) is 1. The molecule has 1 aromatic carbocycles. The Morgan fingerprint density at radius 1 is 1.25 bits per heavy atom. The molecule has 1 atom stereocenters. The smallest absolute Gasteiger partial charge is 0.355 e. The van der Waals surface area contributed by atoms with E-state index in [0.29, 0.717) is 13.0 Å². The van der Waals surface area contributed by atoms with Gasteiger partial charge >= 0.3 is 5.97 Å². The largest absolute Gasteiger partial charge is 0.451 e. The van der Waals surface area contributed by atoms with Crippen LogP contribution in [0.15, 0.2) is 30.3 Å². The van der Waals surface area contributed by atoms with Crippen molar-refractivity contribution in [2.75, 3.05) is 13.2 Å². The number of amides is 2. The molecule has 2 aromatic rings. The molecule has 3 N–H and O–H groups in total. The molecule has 0 saturated carbocycles. The number of hydrogen-bond donors (Lipinski definition) is 2. The van der Waals surface area contributed by atoms with Crippen LogP contribution in [0.2, 0.25) is 0 Å². The molecule has 0 bridgehead atoms. The van der Waals surface area contributed by atoms with Crippen LogP contribution in [-0.2, 0) is 14.3 Å². The molecule has 1 aromatic heterocycles. The number of rotatable bonds is 4. The number of aromatic nitrogens is 1. The summed E-state index contributed by atoms with van der Waals surface area (Å²) in [5, 5.41) is 0.889. The highest BCUT2D eigenvalue weighted by Gasteiger charge is 2.31. The SMILES string of the molecule is NC(=O)[C@H]1CCCCN1C(=O)COC(=O)c1cc2ccccc2[nH]1. The zero-order valence-corrected chi connectivity index (χ0v) is 13.2. The minimum Gasteiger partial charge on any atom is -0.451 e. The second kappa shape index (κ2) is 6.74. The number of fused-ring (bicyclic) bond motifs is 1. The maximum atomic E-state index is 12.3. The third kappa shape index (κ3) is 3.24. The lowest BCUT2D eigenvalue weighted by Crippen LogP contribution is -2.51. The van der Waals surface area contributed by atoms with E-state index in [9.17, 15) is 14.4 Å². The summed E-state index contributed by atoms with van der Waals surface area (Å²) in [4.78, 5) is 40.2. The monoisotopic (exact) mass is 329 g/mol. The van der Waals surface area contributed by atoms with Gasteiger partial charge < -0.3 is 20.4 Å². The Bertz CT molecular complexity index is 750. The molecule has 1 aliphatic heterocycles. The fourth-order valence-corrected chi connectivity index (χ4v) is 3.00. The number of nitrogens with one attached hydrogen (secondary N) is 1. The van der Waals surface area contributed by atoms with Gasteiger partial charge in [-0.3, -0.25) is 9.59 Å². The Morgan fingerprint density at radius 3 is 2.79 bits per heavy atom. The summed E-state index contributed by atoms with van der Waals surface area (Å²) in [5.74, 6) is -1.53. The first-order valence-corrected chi connectivity index (χ1v) is 7.90. The number of ether oxygens (including phenoxy) is 1. The second-order valence-corrected chi connectivity index (χ2v) is 5.85. The zero-order valence-electron chi connectivity index (χ0n) is 13.2. The number of aromatic amines is 1. The number of nitrogens with zero attached hydrogens (tertiary/aromatic N) is 1. The molecule has 3 rings (SSSR count). The van der Waals surface area contributed by atoms with Crippen molar-refractivity contribution in [1.82, 2.24) is 9.88 Å². The van der Waals surface area contributed by atoms with Crippen LogP contribution in [0, 0.1) is 0 Å². The number of nitrogens with two attached hydrogens (primary N) is 1. The Balaban J connectivity index is 1.62. The number of carbonyl (C=O) groups is 3. The highest BCUT2D eigenvalue weighted by molar-refractivity contribution is 5.96. The van der Waals surface area contributed by atoms with Crippen molar-refractivity contribution >= 4 is 28.7 Å². The molecule has 0 unspecified atom stereocenters. The highest BCUT2D eigenvalue weighted by atomic mass is 16.5. The number of hydrogen-bond acceptors (Lipinski definition) is 4. The van der Waals surface area contributed by atoms with Crippen molar-refractivity contribution in [3.63, 3.8) is 0 Å². The van der Waals surface area contributed by atoms with Gasteiger partial charge in [0, 0.05) is 17.4 Å². The van der Waals surface area contributed by atoms with E-state index in [0.717, 1.165) is 23.7 Å². The first-order valence-electron chi connectivity index (χ1n) is 7.90. The van der Waals surface area contributed by atoms with Gasteiger partial charge in [-0.15, -0.1) is 0 Å². The Kier molecular flexibility index (Phi) is 4.50. The Hall–Kier alpha value is -2.83. The van der Waals surface area contributed by atoms with E-state index in [1.54, 1.807) is 6.07 Å². The van der Waals surface area contributed by atoms with E-state index in [2.05, 4.69) is 4.98 Å². The maximum absolute atomic E-state index is 12.3. The van der Waals surface area contributed by atoms with Crippen LogP contribution in [0.5, 0.6) is 0 Å². The van der Waals surface area contributed by atoms with Gasteiger partial charge in [0.15, 0.2) is 6.61 Å². The number of carbonyl (C=O) groups excluding carboxylic acids is 3. The molecule has 1 aliphatic rings. The quantitative estimate of drug-likeness (QED) is 0.822. The molecule has 126 valence electrons. The first-order chi connectivity index (χ1) is 11.6. The molecule has 0 aliphatic carbocycles. The Morgan fingerprint density at radius 2 is 2.04 bits per heavy atom. The molecule has 0 radical (unpaired) electrons. The number of H-pyrrole nitrogens is 1. The average Bonchev–Trinajstić information content (AvgIpc) is 3.03. The predicted octanol–water partition coefficient (Wildman–Crippen LogP) is 1.19. The van der Waals surface area contributed by atoms with Gasteiger partial charge in [-0.05, 0) is 31.4 Å². The number of para-hydroxylation sites is 1. The molecule has 7 heteroatoms. The predicted molar refractivity (Wildman–Crippen MR) is 87.1 cm³/mol. The van der Waals surface area contributed by atoms with E-state index >= 15 is 0 Å². The lowest BCUT2D eigenvalue weighted by Gasteiger charge is -2.33. The summed E-state index contributed by atoms with van der Waals surface area (Å²) in [6.07, 6.45) is 2.22. The molecule has 24 heavy (non-hydrogen) atoms.